The van der Waals surface area contributed by atoms with Crippen LogP contribution >= 0.6 is 11.3 Å². The lowest BCUT2D eigenvalue weighted by molar-refractivity contribution is 0.0864. The molecule has 0 aliphatic rings. The molecule has 0 aromatic carbocycles. The van der Waals surface area contributed by atoms with Crippen LogP contribution in [-0.2, 0) is 6.54 Å². The summed E-state index contributed by atoms with van der Waals surface area (Å²) in [7, 11) is 1.64. The molecule has 3 N–H and O–H groups in total. The third-order valence-corrected chi connectivity index (χ3v) is 3.73. The van der Waals surface area contributed by atoms with Crippen LogP contribution in [0.2, 0.25) is 0 Å². The lowest BCUT2D eigenvalue weighted by Crippen LogP contribution is -2.50. The van der Waals surface area contributed by atoms with Crippen molar-refractivity contribution >= 4 is 11.3 Å². The molecule has 0 spiro atoms. The van der Waals surface area contributed by atoms with Gasteiger partial charge in [-0.3, -0.25) is 0 Å². The van der Waals surface area contributed by atoms with Crippen LogP contribution < -0.4 is 10.1 Å². The molecule has 1 aromatic heterocycles. The predicted molar refractivity (Wildman–Crippen MR) is 64.9 cm³/mol. The van der Waals surface area contributed by atoms with Crippen molar-refractivity contribution < 1.29 is 14.9 Å². The molecule has 0 aliphatic carbocycles. The first-order chi connectivity index (χ1) is 7.71. The van der Waals surface area contributed by atoms with E-state index in [1.54, 1.807) is 18.4 Å². The maximum absolute atomic E-state index is 9.28. The minimum absolute atomic E-state index is 0.0757. The first-order valence-electron chi connectivity index (χ1n) is 5.28. The number of methoxy groups -OCH3 is 1. The molecule has 0 radical (unpaired) electrons. The molecule has 0 aliphatic heterocycles. The standard InChI is InChI=1S/C11H19NO3S/c1-3-11(7-13,8-14)12-6-10-9(15-2)4-5-16-10/h4-5,12-14H,3,6-8H2,1-2H3. The molecule has 0 amide bonds. The Morgan fingerprint density at radius 3 is 2.62 bits per heavy atom. The van der Waals surface area contributed by atoms with Crippen molar-refractivity contribution in [2.24, 2.45) is 0 Å². The van der Waals surface area contributed by atoms with Crippen LogP contribution in [0.5, 0.6) is 5.75 Å². The van der Waals surface area contributed by atoms with Crippen LogP contribution in [0.1, 0.15) is 18.2 Å². The quantitative estimate of drug-likeness (QED) is 0.670. The van der Waals surface area contributed by atoms with Crippen LogP contribution in [0.4, 0.5) is 0 Å². The van der Waals surface area contributed by atoms with Crippen molar-refractivity contribution in [1.29, 1.82) is 0 Å². The summed E-state index contributed by atoms with van der Waals surface area (Å²) >= 11 is 1.60. The number of rotatable bonds is 7. The Hall–Kier alpha value is -0.620. The number of nitrogens with one attached hydrogen (secondary N) is 1. The summed E-state index contributed by atoms with van der Waals surface area (Å²) < 4.78 is 5.20. The Balaban J connectivity index is 2.62. The van der Waals surface area contributed by atoms with Crippen LogP contribution in [0.25, 0.3) is 0 Å². The summed E-state index contributed by atoms with van der Waals surface area (Å²) in [6, 6.07) is 1.91. The smallest absolute Gasteiger partial charge is 0.134 e. The first-order valence-corrected chi connectivity index (χ1v) is 6.16. The zero-order chi connectivity index (χ0) is 12.0. The molecule has 1 aromatic rings. The fourth-order valence-corrected chi connectivity index (χ4v) is 2.20. The van der Waals surface area contributed by atoms with Gasteiger partial charge in [-0.2, -0.15) is 0 Å². The van der Waals surface area contributed by atoms with E-state index in [4.69, 9.17) is 4.74 Å². The van der Waals surface area contributed by atoms with E-state index in [1.807, 2.05) is 18.4 Å². The molecule has 0 fully saturated rings. The number of hydrogen-bond donors (Lipinski definition) is 3. The van der Waals surface area contributed by atoms with Gasteiger partial charge in [0.1, 0.15) is 5.75 Å². The third kappa shape index (κ3) is 2.95. The van der Waals surface area contributed by atoms with Gasteiger partial charge in [0.2, 0.25) is 0 Å². The Kier molecular flexibility index (Phi) is 5.21. The van der Waals surface area contributed by atoms with E-state index in [9.17, 15) is 10.2 Å². The van der Waals surface area contributed by atoms with Gasteiger partial charge in [-0.15, -0.1) is 11.3 Å². The average Bonchev–Trinajstić information content (AvgIpc) is 2.79. The highest BCUT2D eigenvalue weighted by Crippen LogP contribution is 2.25. The average molecular weight is 245 g/mol. The monoisotopic (exact) mass is 245 g/mol. The zero-order valence-electron chi connectivity index (χ0n) is 9.69. The molecule has 0 bridgehead atoms. The van der Waals surface area contributed by atoms with Gasteiger partial charge in [0.25, 0.3) is 0 Å². The van der Waals surface area contributed by atoms with E-state index in [2.05, 4.69) is 5.32 Å². The summed E-state index contributed by atoms with van der Waals surface area (Å²) in [5, 5.41) is 23.7. The van der Waals surface area contributed by atoms with Crippen molar-refractivity contribution in [3.05, 3.63) is 16.3 Å². The van der Waals surface area contributed by atoms with E-state index >= 15 is 0 Å². The van der Waals surface area contributed by atoms with E-state index in [0.717, 1.165) is 10.6 Å². The molecule has 0 saturated heterocycles. The van der Waals surface area contributed by atoms with Crippen molar-refractivity contribution in [2.75, 3.05) is 20.3 Å². The molecular formula is C11H19NO3S. The van der Waals surface area contributed by atoms with Crippen LogP contribution in [-0.4, -0.2) is 36.1 Å². The van der Waals surface area contributed by atoms with E-state index in [0.29, 0.717) is 13.0 Å². The van der Waals surface area contributed by atoms with Gasteiger partial charge in [-0.1, -0.05) is 6.92 Å². The molecule has 1 heterocycles. The topological polar surface area (TPSA) is 61.7 Å². The normalized spacial score (nSPS) is 11.8. The van der Waals surface area contributed by atoms with Gasteiger partial charge >= 0.3 is 0 Å². The molecule has 16 heavy (non-hydrogen) atoms. The SMILES string of the molecule is CCC(CO)(CO)NCc1sccc1OC. The van der Waals surface area contributed by atoms with Crippen LogP contribution in [0, 0.1) is 0 Å². The lowest BCUT2D eigenvalue weighted by Gasteiger charge is -2.29. The molecule has 4 nitrogen and oxygen atoms in total. The summed E-state index contributed by atoms with van der Waals surface area (Å²) in [5.41, 5.74) is -0.602. The Bertz CT molecular complexity index is 302. The second-order valence-electron chi connectivity index (χ2n) is 3.72. The van der Waals surface area contributed by atoms with Crippen LogP contribution in [0.3, 0.4) is 0 Å². The highest BCUT2D eigenvalue weighted by molar-refractivity contribution is 7.10. The number of aliphatic hydroxyl groups excluding tert-OH is 2. The van der Waals surface area contributed by atoms with Crippen molar-refractivity contribution in [1.82, 2.24) is 5.32 Å². The molecule has 92 valence electrons. The van der Waals surface area contributed by atoms with Crippen molar-refractivity contribution in [3.63, 3.8) is 0 Å². The van der Waals surface area contributed by atoms with Crippen LogP contribution in [0.15, 0.2) is 11.4 Å². The third-order valence-electron chi connectivity index (χ3n) is 2.83. The Morgan fingerprint density at radius 2 is 2.12 bits per heavy atom. The van der Waals surface area contributed by atoms with E-state index in [-0.39, 0.29) is 13.2 Å². The highest BCUT2D eigenvalue weighted by Gasteiger charge is 2.26. The Morgan fingerprint density at radius 1 is 1.44 bits per heavy atom. The van der Waals surface area contributed by atoms with E-state index < -0.39 is 5.54 Å². The summed E-state index contributed by atoms with van der Waals surface area (Å²) in [6.07, 6.45) is 0.674. The van der Waals surface area contributed by atoms with Crippen molar-refractivity contribution in [3.8, 4) is 5.75 Å². The van der Waals surface area contributed by atoms with Gasteiger partial charge in [0.05, 0.1) is 30.7 Å². The molecule has 1 rings (SSSR count). The van der Waals surface area contributed by atoms with Gasteiger partial charge in [0.15, 0.2) is 0 Å². The maximum atomic E-state index is 9.28. The number of thiophene rings is 1. The molecule has 0 atom stereocenters. The number of ether oxygens (including phenoxy) is 1. The second-order valence-corrected chi connectivity index (χ2v) is 4.72. The second kappa shape index (κ2) is 6.20. The first kappa shape index (κ1) is 13.4. The minimum Gasteiger partial charge on any atom is -0.496 e. The maximum Gasteiger partial charge on any atom is 0.134 e. The largest absolute Gasteiger partial charge is 0.496 e. The number of hydrogen-bond acceptors (Lipinski definition) is 5. The molecular weight excluding hydrogens is 226 g/mol. The number of aliphatic hydroxyl groups is 2. The lowest BCUT2D eigenvalue weighted by atomic mass is 9.98. The highest BCUT2D eigenvalue weighted by atomic mass is 32.1. The molecule has 0 unspecified atom stereocenters. The predicted octanol–water partition coefficient (Wildman–Crippen LogP) is 0.980. The zero-order valence-corrected chi connectivity index (χ0v) is 10.5. The van der Waals surface area contributed by atoms with E-state index in [1.165, 1.54) is 0 Å². The van der Waals surface area contributed by atoms with Gasteiger partial charge < -0.3 is 20.3 Å². The minimum atomic E-state index is -0.602. The van der Waals surface area contributed by atoms with Gasteiger partial charge in [0, 0.05) is 6.54 Å². The molecule has 5 heteroatoms. The molecule has 0 saturated carbocycles. The van der Waals surface area contributed by atoms with Gasteiger partial charge in [-0.05, 0) is 17.9 Å². The summed E-state index contributed by atoms with van der Waals surface area (Å²) in [6.45, 7) is 2.38. The Labute approximate surface area is 99.9 Å². The summed E-state index contributed by atoms with van der Waals surface area (Å²) in [4.78, 5) is 1.07. The summed E-state index contributed by atoms with van der Waals surface area (Å²) in [5.74, 6) is 0.846. The van der Waals surface area contributed by atoms with Gasteiger partial charge in [-0.25, -0.2) is 0 Å². The fraction of sp³-hybridized carbons (Fsp3) is 0.636. The fourth-order valence-electron chi connectivity index (χ4n) is 1.42. The van der Waals surface area contributed by atoms with Crippen molar-refractivity contribution in [2.45, 2.75) is 25.4 Å².